The maximum Gasteiger partial charge on any atom is 0.287 e. The summed E-state index contributed by atoms with van der Waals surface area (Å²) >= 11 is 0. The number of carbonyl (C=O) groups excluding carboxylic acids is 1. The van der Waals surface area contributed by atoms with Gasteiger partial charge in [-0.1, -0.05) is 36.8 Å². The van der Waals surface area contributed by atoms with E-state index in [1.165, 1.54) is 12.0 Å². The Balaban J connectivity index is 1.40. The van der Waals surface area contributed by atoms with Crippen LogP contribution in [0.25, 0.3) is 11.0 Å². The summed E-state index contributed by atoms with van der Waals surface area (Å²) in [6.45, 7) is 2.42. The van der Waals surface area contributed by atoms with E-state index in [0.29, 0.717) is 24.3 Å². The first kappa shape index (κ1) is 20.1. The standard InChI is InChI=1S/C26H29NO4/c1-17-22-20(30-24(17)25(29)27-15-12-18-8-4-2-5-9-18)10-11-21-23(22)19(28)16-26(31-21)13-6-3-7-14-26/h2,4-5,8-11,19,28H,3,6-7,12-16H2,1H3,(H,27,29). The van der Waals surface area contributed by atoms with Gasteiger partial charge in [0.05, 0.1) is 6.10 Å². The molecule has 2 aromatic carbocycles. The lowest BCUT2D eigenvalue weighted by Crippen LogP contribution is -2.42. The number of aliphatic hydroxyl groups is 1. The molecule has 1 spiro atoms. The largest absolute Gasteiger partial charge is 0.487 e. The Morgan fingerprint density at radius 1 is 1.13 bits per heavy atom. The molecule has 1 aliphatic heterocycles. The van der Waals surface area contributed by atoms with Gasteiger partial charge in [-0.15, -0.1) is 0 Å². The summed E-state index contributed by atoms with van der Waals surface area (Å²) in [4.78, 5) is 12.8. The van der Waals surface area contributed by atoms with Crippen molar-refractivity contribution >= 4 is 16.9 Å². The summed E-state index contributed by atoms with van der Waals surface area (Å²) in [5.41, 5.74) is 3.06. The summed E-state index contributed by atoms with van der Waals surface area (Å²) < 4.78 is 12.4. The molecule has 0 saturated heterocycles. The van der Waals surface area contributed by atoms with Crippen molar-refractivity contribution in [3.63, 3.8) is 0 Å². The molecular formula is C26H29NO4. The number of aryl methyl sites for hydroxylation is 1. The minimum atomic E-state index is -0.615. The second kappa shape index (κ2) is 8.04. The van der Waals surface area contributed by atoms with Crippen molar-refractivity contribution in [1.29, 1.82) is 0 Å². The van der Waals surface area contributed by atoms with Crippen molar-refractivity contribution in [2.75, 3.05) is 6.54 Å². The fourth-order valence-electron chi connectivity index (χ4n) is 5.27. The fraction of sp³-hybridized carbons (Fsp3) is 0.423. The number of aliphatic hydroxyl groups excluding tert-OH is 1. The van der Waals surface area contributed by atoms with Crippen LogP contribution in [-0.4, -0.2) is 23.2 Å². The summed E-state index contributed by atoms with van der Waals surface area (Å²) in [6, 6.07) is 13.8. The smallest absolute Gasteiger partial charge is 0.287 e. The molecule has 5 rings (SSSR count). The molecule has 5 nitrogen and oxygen atoms in total. The van der Waals surface area contributed by atoms with Crippen LogP contribution in [0.3, 0.4) is 0 Å². The lowest BCUT2D eigenvalue weighted by molar-refractivity contribution is -0.0373. The van der Waals surface area contributed by atoms with Crippen LogP contribution in [0.4, 0.5) is 0 Å². The highest BCUT2D eigenvalue weighted by molar-refractivity contribution is 6.00. The number of hydrogen-bond donors (Lipinski definition) is 2. The van der Waals surface area contributed by atoms with Gasteiger partial charge in [0.25, 0.3) is 5.91 Å². The Hall–Kier alpha value is -2.79. The fourth-order valence-corrected chi connectivity index (χ4v) is 5.27. The number of rotatable bonds is 4. The van der Waals surface area contributed by atoms with E-state index >= 15 is 0 Å². The summed E-state index contributed by atoms with van der Waals surface area (Å²) in [5, 5.41) is 14.9. The first-order valence-corrected chi connectivity index (χ1v) is 11.3. The average Bonchev–Trinajstić information content (AvgIpc) is 3.11. The van der Waals surface area contributed by atoms with Crippen LogP contribution in [0.2, 0.25) is 0 Å². The topological polar surface area (TPSA) is 71.7 Å². The van der Waals surface area contributed by atoms with Gasteiger partial charge in [-0.3, -0.25) is 4.79 Å². The van der Waals surface area contributed by atoms with E-state index in [1.54, 1.807) is 0 Å². The van der Waals surface area contributed by atoms with Crippen LogP contribution in [-0.2, 0) is 6.42 Å². The van der Waals surface area contributed by atoms with E-state index in [4.69, 9.17) is 9.15 Å². The number of furan rings is 1. The molecule has 2 aliphatic rings. The normalized spacial score (nSPS) is 19.7. The Morgan fingerprint density at radius 3 is 2.68 bits per heavy atom. The Labute approximate surface area is 182 Å². The Kier molecular flexibility index (Phi) is 5.22. The maximum absolute atomic E-state index is 12.8. The molecule has 1 aromatic heterocycles. The van der Waals surface area contributed by atoms with Crippen LogP contribution < -0.4 is 10.1 Å². The molecule has 3 aromatic rings. The third kappa shape index (κ3) is 3.72. The molecule has 2 N–H and O–H groups in total. The maximum atomic E-state index is 12.8. The molecule has 162 valence electrons. The summed E-state index contributed by atoms with van der Waals surface area (Å²) in [7, 11) is 0. The van der Waals surface area contributed by atoms with Crippen molar-refractivity contribution in [3.05, 3.63) is 64.9 Å². The van der Waals surface area contributed by atoms with Crippen molar-refractivity contribution in [1.82, 2.24) is 5.32 Å². The second-order valence-electron chi connectivity index (χ2n) is 8.96. The van der Waals surface area contributed by atoms with Crippen molar-refractivity contribution < 1.29 is 19.1 Å². The second-order valence-corrected chi connectivity index (χ2v) is 8.96. The highest BCUT2D eigenvalue weighted by atomic mass is 16.5. The number of hydrogen-bond acceptors (Lipinski definition) is 4. The van der Waals surface area contributed by atoms with E-state index in [2.05, 4.69) is 5.32 Å². The van der Waals surface area contributed by atoms with E-state index in [9.17, 15) is 9.90 Å². The van der Waals surface area contributed by atoms with Crippen LogP contribution in [0, 0.1) is 6.92 Å². The zero-order chi connectivity index (χ0) is 21.4. The number of fused-ring (bicyclic) bond motifs is 3. The van der Waals surface area contributed by atoms with Gasteiger partial charge in [0, 0.05) is 29.5 Å². The quantitative estimate of drug-likeness (QED) is 0.607. The molecule has 0 radical (unpaired) electrons. The summed E-state index contributed by atoms with van der Waals surface area (Å²) in [5.74, 6) is 0.808. The Bertz CT molecular complexity index is 1100. The minimum Gasteiger partial charge on any atom is -0.487 e. The molecule has 2 heterocycles. The highest BCUT2D eigenvalue weighted by Gasteiger charge is 2.42. The third-order valence-electron chi connectivity index (χ3n) is 6.83. The van der Waals surface area contributed by atoms with Gasteiger partial charge in [-0.05, 0) is 56.7 Å². The third-order valence-corrected chi connectivity index (χ3v) is 6.83. The average molecular weight is 420 g/mol. The number of carbonyl (C=O) groups is 1. The molecule has 1 aliphatic carbocycles. The van der Waals surface area contributed by atoms with Gasteiger partial charge in [0.15, 0.2) is 5.76 Å². The van der Waals surface area contributed by atoms with Crippen molar-refractivity contribution in [2.24, 2.45) is 0 Å². The van der Waals surface area contributed by atoms with E-state index in [0.717, 1.165) is 54.4 Å². The highest BCUT2D eigenvalue weighted by Crippen LogP contribution is 2.49. The van der Waals surface area contributed by atoms with Crippen LogP contribution >= 0.6 is 0 Å². The van der Waals surface area contributed by atoms with Crippen LogP contribution in [0.15, 0.2) is 46.9 Å². The number of amides is 1. The van der Waals surface area contributed by atoms with Crippen LogP contribution in [0.5, 0.6) is 5.75 Å². The van der Waals surface area contributed by atoms with E-state index in [-0.39, 0.29) is 11.5 Å². The molecule has 1 atom stereocenters. The van der Waals surface area contributed by atoms with Gasteiger partial charge < -0.3 is 19.6 Å². The summed E-state index contributed by atoms with van der Waals surface area (Å²) in [6.07, 6.45) is 6.23. The first-order chi connectivity index (χ1) is 15.1. The number of nitrogens with one attached hydrogen (secondary N) is 1. The van der Waals surface area contributed by atoms with Crippen LogP contribution in [0.1, 0.15) is 71.9 Å². The van der Waals surface area contributed by atoms with Gasteiger partial charge in [-0.2, -0.15) is 0 Å². The molecule has 1 amide bonds. The zero-order valence-corrected chi connectivity index (χ0v) is 17.9. The predicted molar refractivity (Wildman–Crippen MR) is 119 cm³/mol. The predicted octanol–water partition coefficient (Wildman–Crippen LogP) is 5.23. The zero-order valence-electron chi connectivity index (χ0n) is 17.9. The number of benzene rings is 2. The monoisotopic (exact) mass is 419 g/mol. The SMILES string of the molecule is Cc1c(C(=O)NCCc2ccccc2)oc2ccc3c(c12)C(O)CC1(CCCCC1)O3. The van der Waals surface area contributed by atoms with E-state index < -0.39 is 6.10 Å². The first-order valence-electron chi connectivity index (χ1n) is 11.3. The Morgan fingerprint density at radius 2 is 1.90 bits per heavy atom. The molecule has 1 fully saturated rings. The lowest BCUT2D eigenvalue weighted by Gasteiger charge is -2.43. The number of ether oxygens (including phenoxy) is 1. The van der Waals surface area contributed by atoms with Gasteiger partial charge >= 0.3 is 0 Å². The molecule has 1 unspecified atom stereocenters. The van der Waals surface area contributed by atoms with Crippen molar-refractivity contribution in [3.8, 4) is 5.75 Å². The molecule has 5 heteroatoms. The lowest BCUT2D eigenvalue weighted by atomic mass is 9.77. The van der Waals surface area contributed by atoms with Gasteiger partial charge in [0.1, 0.15) is 16.9 Å². The minimum absolute atomic E-state index is 0.228. The van der Waals surface area contributed by atoms with Crippen molar-refractivity contribution in [2.45, 2.75) is 63.6 Å². The molecular weight excluding hydrogens is 390 g/mol. The molecule has 31 heavy (non-hydrogen) atoms. The van der Waals surface area contributed by atoms with Gasteiger partial charge in [-0.25, -0.2) is 0 Å². The molecule has 0 bridgehead atoms. The molecule has 1 saturated carbocycles. The van der Waals surface area contributed by atoms with E-state index in [1.807, 2.05) is 49.4 Å². The van der Waals surface area contributed by atoms with Gasteiger partial charge in [0.2, 0.25) is 0 Å².